The molecule has 0 fully saturated rings. The van der Waals surface area contributed by atoms with Crippen LogP contribution < -0.4 is 0 Å². The zero-order valence-corrected chi connectivity index (χ0v) is 9.10. The summed E-state index contributed by atoms with van der Waals surface area (Å²) < 4.78 is 12.8. The van der Waals surface area contributed by atoms with Crippen LogP contribution in [0.4, 0.5) is 4.39 Å². The maximum atomic E-state index is 12.8. The lowest BCUT2D eigenvalue weighted by Crippen LogP contribution is -2.41. The number of aliphatic hydroxyl groups is 1. The second kappa shape index (κ2) is 4.63. The molecule has 17 heavy (non-hydrogen) atoms. The number of imide groups is 1. The molecule has 0 spiro atoms. The van der Waals surface area contributed by atoms with Crippen LogP contribution in [-0.2, 0) is 0 Å². The third kappa shape index (κ3) is 1.82. The average Bonchev–Trinajstić information content (AvgIpc) is 2.61. The third-order valence-electron chi connectivity index (χ3n) is 2.83. The van der Waals surface area contributed by atoms with Crippen LogP contribution >= 0.6 is 0 Å². The van der Waals surface area contributed by atoms with Crippen molar-refractivity contribution in [2.45, 2.75) is 12.5 Å². The Balaban J connectivity index is 2.35. The molecule has 1 aliphatic rings. The number of hydrogen-bond acceptors (Lipinski definition) is 3. The smallest absolute Gasteiger partial charge is 0.261 e. The van der Waals surface area contributed by atoms with Crippen LogP contribution in [0.2, 0.25) is 0 Å². The molecule has 90 valence electrons. The minimum absolute atomic E-state index is 0.0575. The van der Waals surface area contributed by atoms with Crippen molar-refractivity contribution in [2.75, 3.05) is 13.3 Å². The number of aliphatic hydroxyl groups excluding tert-OH is 1. The molecule has 1 atom stereocenters. The molecule has 0 aliphatic carbocycles. The number of carbonyl (C=O) groups excluding carboxylic acids is 2. The lowest BCUT2D eigenvalue weighted by atomic mass is 10.1. The molecule has 0 saturated heterocycles. The molecule has 1 aromatic carbocycles. The van der Waals surface area contributed by atoms with Gasteiger partial charge in [0.2, 0.25) is 0 Å². The standard InChI is InChI=1S/C12H12FNO3/c13-7-8(5-6-15)14-11(16)9-3-1-2-4-10(9)12(14)17/h1-4,8,15H,5-7H2/t8-/m0/s1. The van der Waals surface area contributed by atoms with E-state index in [1.807, 2.05) is 0 Å². The number of halogens is 1. The summed E-state index contributed by atoms with van der Waals surface area (Å²) in [7, 11) is 0. The molecule has 0 unspecified atom stereocenters. The molecule has 1 aromatic rings. The van der Waals surface area contributed by atoms with E-state index in [1.165, 1.54) is 0 Å². The molecule has 2 amide bonds. The van der Waals surface area contributed by atoms with Crippen molar-refractivity contribution in [1.82, 2.24) is 4.90 Å². The van der Waals surface area contributed by atoms with Gasteiger partial charge in [0, 0.05) is 6.61 Å². The van der Waals surface area contributed by atoms with Gasteiger partial charge in [0.25, 0.3) is 11.8 Å². The van der Waals surface area contributed by atoms with Crippen LogP contribution in [-0.4, -0.2) is 41.1 Å². The molecule has 1 heterocycles. The molecule has 0 bridgehead atoms. The largest absolute Gasteiger partial charge is 0.396 e. The number of rotatable bonds is 4. The predicted octanol–water partition coefficient (Wildman–Crippen LogP) is 1.00. The maximum absolute atomic E-state index is 12.8. The van der Waals surface area contributed by atoms with Crippen molar-refractivity contribution in [3.63, 3.8) is 0 Å². The minimum atomic E-state index is -0.882. The van der Waals surface area contributed by atoms with E-state index in [1.54, 1.807) is 24.3 Å². The number of carbonyl (C=O) groups is 2. The van der Waals surface area contributed by atoms with E-state index in [0.29, 0.717) is 11.1 Å². The Labute approximate surface area is 97.7 Å². The quantitative estimate of drug-likeness (QED) is 0.795. The van der Waals surface area contributed by atoms with Crippen LogP contribution in [0.5, 0.6) is 0 Å². The van der Waals surface area contributed by atoms with Crippen molar-refractivity contribution in [2.24, 2.45) is 0 Å². The first-order chi connectivity index (χ1) is 8.20. The number of benzene rings is 1. The highest BCUT2D eigenvalue weighted by molar-refractivity contribution is 6.21. The molecule has 1 N–H and O–H groups in total. The zero-order valence-electron chi connectivity index (χ0n) is 9.10. The molecule has 5 heteroatoms. The van der Waals surface area contributed by atoms with Gasteiger partial charge in [-0.25, -0.2) is 4.39 Å². The molecular formula is C12H12FNO3. The normalized spacial score (nSPS) is 16.2. The fraction of sp³-hybridized carbons (Fsp3) is 0.333. The van der Waals surface area contributed by atoms with E-state index < -0.39 is 24.5 Å². The van der Waals surface area contributed by atoms with Gasteiger partial charge >= 0.3 is 0 Å². The Morgan fingerprint density at radius 3 is 2.12 bits per heavy atom. The van der Waals surface area contributed by atoms with E-state index in [2.05, 4.69) is 0 Å². The van der Waals surface area contributed by atoms with Gasteiger partial charge in [0.05, 0.1) is 17.2 Å². The number of hydrogen-bond donors (Lipinski definition) is 1. The van der Waals surface area contributed by atoms with Crippen molar-refractivity contribution in [1.29, 1.82) is 0 Å². The summed E-state index contributed by atoms with van der Waals surface area (Å²) in [5.41, 5.74) is 0.600. The van der Waals surface area contributed by atoms with Gasteiger partial charge in [-0.3, -0.25) is 14.5 Å². The Bertz CT molecular complexity index is 426. The Morgan fingerprint density at radius 1 is 1.18 bits per heavy atom. The maximum Gasteiger partial charge on any atom is 0.261 e. The van der Waals surface area contributed by atoms with Crippen LogP contribution in [0.1, 0.15) is 27.1 Å². The third-order valence-corrected chi connectivity index (χ3v) is 2.83. The first-order valence-corrected chi connectivity index (χ1v) is 5.34. The summed E-state index contributed by atoms with van der Waals surface area (Å²) in [6.07, 6.45) is 0.0575. The van der Waals surface area contributed by atoms with Gasteiger partial charge in [0.1, 0.15) is 6.67 Å². The predicted molar refractivity (Wildman–Crippen MR) is 58.4 cm³/mol. The SMILES string of the molecule is O=C1c2ccccc2C(=O)N1[C@H](CF)CCO. The lowest BCUT2D eigenvalue weighted by Gasteiger charge is -2.22. The summed E-state index contributed by atoms with van der Waals surface area (Å²) in [6, 6.07) is 5.52. The Morgan fingerprint density at radius 2 is 1.71 bits per heavy atom. The van der Waals surface area contributed by atoms with E-state index in [4.69, 9.17) is 5.11 Å². The van der Waals surface area contributed by atoms with E-state index >= 15 is 0 Å². The number of alkyl halides is 1. The highest BCUT2D eigenvalue weighted by Crippen LogP contribution is 2.25. The van der Waals surface area contributed by atoms with E-state index in [9.17, 15) is 14.0 Å². The van der Waals surface area contributed by atoms with Gasteiger partial charge in [-0.15, -0.1) is 0 Å². The fourth-order valence-electron chi connectivity index (χ4n) is 1.96. The van der Waals surface area contributed by atoms with Crippen LogP contribution in [0.3, 0.4) is 0 Å². The topological polar surface area (TPSA) is 57.6 Å². The summed E-state index contributed by atoms with van der Waals surface area (Å²) >= 11 is 0. The fourth-order valence-corrected chi connectivity index (χ4v) is 1.96. The van der Waals surface area contributed by atoms with Crippen LogP contribution in [0.15, 0.2) is 24.3 Å². The lowest BCUT2D eigenvalue weighted by molar-refractivity contribution is 0.0532. The molecular weight excluding hydrogens is 225 g/mol. The molecule has 2 rings (SSSR count). The van der Waals surface area contributed by atoms with Crippen molar-refractivity contribution < 1.29 is 19.1 Å². The summed E-state index contributed by atoms with van der Waals surface area (Å²) in [6.45, 7) is -1.10. The number of fused-ring (bicyclic) bond motifs is 1. The second-order valence-electron chi connectivity index (χ2n) is 3.85. The number of amides is 2. The van der Waals surface area contributed by atoms with Crippen molar-refractivity contribution >= 4 is 11.8 Å². The monoisotopic (exact) mass is 237 g/mol. The molecule has 0 saturated carbocycles. The molecule has 0 aromatic heterocycles. The van der Waals surface area contributed by atoms with Gasteiger partial charge in [-0.1, -0.05) is 12.1 Å². The summed E-state index contributed by atoms with van der Waals surface area (Å²) in [4.78, 5) is 24.8. The first kappa shape index (κ1) is 11.7. The van der Waals surface area contributed by atoms with Gasteiger partial charge in [0.15, 0.2) is 0 Å². The second-order valence-corrected chi connectivity index (χ2v) is 3.85. The van der Waals surface area contributed by atoms with Gasteiger partial charge in [-0.2, -0.15) is 0 Å². The zero-order chi connectivity index (χ0) is 12.4. The highest BCUT2D eigenvalue weighted by Gasteiger charge is 2.39. The average molecular weight is 237 g/mol. The summed E-state index contributed by atoms with van der Waals surface area (Å²) in [5, 5.41) is 8.80. The highest BCUT2D eigenvalue weighted by atomic mass is 19.1. The van der Waals surface area contributed by atoms with Crippen LogP contribution in [0.25, 0.3) is 0 Å². The summed E-state index contributed by atoms with van der Waals surface area (Å²) in [5.74, 6) is -0.969. The molecule has 0 radical (unpaired) electrons. The Kier molecular flexibility index (Phi) is 3.19. The molecule has 4 nitrogen and oxygen atoms in total. The Hall–Kier alpha value is -1.75. The molecule has 1 aliphatic heterocycles. The van der Waals surface area contributed by atoms with Crippen molar-refractivity contribution in [3.05, 3.63) is 35.4 Å². The van der Waals surface area contributed by atoms with E-state index in [0.717, 1.165) is 4.90 Å². The van der Waals surface area contributed by atoms with E-state index in [-0.39, 0.29) is 13.0 Å². The minimum Gasteiger partial charge on any atom is -0.396 e. The van der Waals surface area contributed by atoms with Gasteiger partial charge in [-0.05, 0) is 18.6 Å². The van der Waals surface area contributed by atoms with Gasteiger partial charge < -0.3 is 5.11 Å². The van der Waals surface area contributed by atoms with Crippen molar-refractivity contribution in [3.8, 4) is 0 Å². The first-order valence-electron chi connectivity index (χ1n) is 5.34. The van der Waals surface area contributed by atoms with Crippen LogP contribution in [0, 0.1) is 0 Å². The number of nitrogens with zero attached hydrogens (tertiary/aromatic N) is 1.